The molecule has 0 atom stereocenters. The second kappa shape index (κ2) is 6.05. The third kappa shape index (κ3) is 4.77. The van der Waals surface area contributed by atoms with E-state index in [1.165, 1.54) is 0 Å². The zero-order valence-corrected chi connectivity index (χ0v) is 11.3. The van der Waals surface area contributed by atoms with Crippen molar-refractivity contribution in [3.63, 3.8) is 0 Å². The van der Waals surface area contributed by atoms with Crippen LogP contribution in [0.15, 0.2) is 10.6 Å². The van der Waals surface area contributed by atoms with Crippen molar-refractivity contribution in [3.8, 4) is 0 Å². The number of nitrogens with zero attached hydrogens (tertiary/aromatic N) is 1. The van der Waals surface area contributed by atoms with Gasteiger partial charge in [-0.3, -0.25) is 10.1 Å². The molecule has 1 amide bonds. The summed E-state index contributed by atoms with van der Waals surface area (Å²) in [6.45, 7) is 6.12. The topological polar surface area (TPSA) is 55.1 Å². The molecule has 0 saturated heterocycles. The van der Waals surface area contributed by atoms with E-state index in [9.17, 15) is 4.79 Å². The summed E-state index contributed by atoms with van der Waals surface area (Å²) in [5, 5.41) is 6.61. The van der Waals surface area contributed by atoms with Crippen LogP contribution >= 0.6 is 11.6 Å². The zero-order chi connectivity index (χ0) is 12.9. The van der Waals surface area contributed by atoms with Crippen molar-refractivity contribution < 1.29 is 9.32 Å². The maximum absolute atomic E-state index is 11.5. The molecule has 0 aliphatic heterocycles. The van der Waals surface area contributed by atoms with E-state index in [1.807, 2.05) is 20.8 Å². The van der Waals surface area contributed by atoms with Gasteiger partial charge in [-0.15, -0.1) is 11.6 Å². The maximum atomic E-state index is 11.5. The Kier molecular flexibility index (Phi) is 5.00. The summed E-state index contributed by atoms with van der Waals surface area (Å²) >= 11 is 5.54. The number of halogens is 1. The third-order valence-corrected chi connectivity index (χ3v) is 2.60. The molecule has 0 saturated carbocycles. The Morgan fingerprint density at radius 2 is 2.18 bits per heavy atom. The van der Waals surface area contributed by atoms with Gasteiger partial charge in [0.1, 0.15) is 0 Å². The highest BCUT2D eigenvalue weighted by Gasteiger charge is 2.19. The Hall–Kier alpha value is -1.03. The van der Waals surface area contributed by atoms with E-state index in [0.29, 0.717) is 18.2 Å². The Morgan fingerprint density at radius 1 is 1.47 bits per heavy atom. The number of carbonyl (C=O) groups excluding carboxylic acids is 1. The van der Waals surface area contributed by atoms with Crippen molar-refractivity contribution in [2.24, 2.45) is 0 Å². The molecular weight excluding hydrogens is 240 g/mol. The smallest absolute Gasteiger partial charge is 0.231 e. The van der Waals surface area contributed by atoms with Gasteiger partial charge in [-0.05, 0) is 12.8 Å². The molecule has 1 N–H and O–H groups in total. The first-order valence-corrected chi connectivity index (χ1v) is 6.30. The van der Waals surface area contributed by atoms with Crippen molar-refractivity contribution in [2.75, 3.05) is 11.2 Å². The summed E-state index contributed by atoms with van der Waals surface area (Å²) in [5.41, 5.74) is 0.749. The molecule has 0 aliphatic rings. The summed E-state index contributed by atoms with van der Waals surface area (Å²) < 4.78 is 5.06. The summed E-state index contributed by atoms with van der Waals surface area (Å²) in [6, 6.07) is 1.76. The van der Waals surface area contributed by atoms with Gasteiger partial charge in [0, 0.05) is 23.8 Å². The van der Waals surface area contributed by atoms with Crippen molar-refractivity contribution >= 4 is 23.4 Å². The first kappa shape index (κ1) is 14.0. The van der Waals surface area contributed by atoms with Gasteiger partial charge in [0.05, 0.1) is 5.69 Å². The summed E-state index contributed by atoms with van der Waals surface area (Å²) in [7, 11) is 0. The van der Waals surface area contributed by atoms with Gasteiger partial charge in [0.15, 0.2) is 0 Å². The van der Waals surface area contributed by atoms with E-state index in [4.69, 9.17) is 16.1 Å². The van der Waals surface area contributed by atoms with E-state index in [0.717, 1.165) is 18.5 Å². The molecule has 0 unspecified atom stereocenters. The Bertz CT molecular complexity index is 369. The lowest BCUT2D eigenvalue weighted by Gasteiger charge is -2.12. The molecule has 0 aromatic carbocycles. The molecule has 4 nitrogen and oxygen atoms in total. The third-order valence-electron chi connectivity index (χ3n) is 2.33. The van der Waals surface area contributed by atoms with Gasteiger partial charge < -0.3 is 4.52 Å². The van der Waals surface area contributed by atoms with Crippen LogP contribution in [0.5, 0.6) is 0 Å². The van der Waals surface area contributed by atoms with Gasteiger partial charge in [-0.2, -0.15) is 0 Å². The Labute approximate surface area is 107 Å². The highest BCUT2D eigenvalue weighted by molar-refractivity contribution is 6.17. The number of carbonyl (C=O) groups is 1. The van der Waals surface area contributed by atoms with E-state index in [1.54, 1.807) is 6.07 Å². The molecule has 0 aliphatic carbocycles. The molecule has 1 aromatic rings. The van der Waals surface area contributed by atoms with Crippen LogP contribution in [0.3, 0.4) is 0 Å². The van der Waals surface area contributed by atoms with Crippen LogP contribution in [0.25, 0.3) is 0 Å². The molecule has 1 heterocycles. The molecule has 0 spiro atoms. The molecular formula is C12H19ClN2O2. The van der Waals surface area contributed by atoms with Crippen LogP contribution in [-0.4, -0.2) is 16.9 Å². The molecule has 0 radical (unpaired) electrons. The highest BCUT2D eigenvalue weighted by atomic mass is 35.5. The monoisotopic (exact) mass is 258 g/mol. The van der Waals surface area contributed by atoms with E-state index in [2.05, 4.69) is 10.5 Å². The average molecular weight is 259 g/mol. The molecule has 96 valence electrons. The summed E-state index contributed by atoms with van der Waals surface area (Å²) in [6.07, 6.45) is 2.09. The van der Waals surface area contributed by atoms with Gasteiger partial charge in [0.2, 0.25) is 11.8 Å². The lowest BCUT2D eigenvalue weighted by Crippen LogP contribution is -2.12. The normalized spacial score (nSPS) is 11.5. The standard InChI is InChI=1S/C12H19ClN2O2/c1-12(2,3)9-8-11(17-15-9)14-10(16)6-4-5-7-13/h8H,4-7H2,1-3H3,(H,14,16). The minimum absolute atomic E-state index is 0.0632. The number of rotatable bonds is 5. The van der Waals surface area contributed by atoms with Crippen LogP contribution in [0.2, 0.25) is 0 Å². The minimum atomic E-state index is -0.0783. The first-order valence-electron chi connectivity index (χ1n) is 5.76. The number of amides is 1. The Morgan fingerprint density at radius 3 is 2.71 bits per heavy atom. The van der Waals surface area contributed by atoms with E-state index >= 15 is 0 Å². The zero-order valence-electron chi connectivity index (χ0n) is 10.5. The van der Waals surface area contributed by atoms with Crippen LogP contribution in [0.1, 0.15) is 45.7 Å². The number of unbranched alkanes of at least 4 members (excludes halogenated alkanes) is 1. The molecule has 17 heavy (non-hydrogen) atoms. The number of anilines is 1. The maximum Gasteiger partial charge on any atom is 0.231 e. The second-order valence-corrected chi connectivity index (χ2v) is 5.40. The molecule has 1 aromatic heterocycles. The first-order chi connectivity index (χ1) is 7.93. The van der Waals surface area contributed by atoms with Crippen molar-refractivity contribution in [1.29, 1.82) is 0 Å². The fraction of sp³-hybridized carbons (Fsp3) is 0.667. The predicted octanol–water partition coefficient (Wildman–Crippen LogP) is 3.32. The number of nitrogens with one attached hydrogen (secondary N) is 1. The highest BCUT2D eigenvalue weighted by Crippen LogP contribution is 2.23. The molecule has 1 rings (SSSR count). The van der Waals surface area contributed by atoms with Gasteiger partial charge in [0.25, 0.3) is 0 Å². The van der Waals surface area contributed by atoms with Crippen molar-refractivity contribution in [1.82, 2.24) is 5.16 Å². The lowest BCUT2D eigenvalue weighted by atomic mass is 9.92. The van der Waals surface area contributed by atoms with Gasteiger partial charge >= 0.3 is 0 Å². The minimum Gasteiger partial charge on any atom is -0.338 e. The quantitative estimate of drug-likeness (QED) is 0.651. The van der Waals surface area contributed by atoms with Gasteiger partial charge in [-0.1, -0.05) is 25.9 Å². The number of aromatic nitrogens is 1. The summed E-state index contributed by atoms with van der Waals surface area (Å²) in [4.78, 5) is 11.5. The number of hydrogen-bond donors (Lipinski definition) is 1. The molecule has 0 bridgehead atoms. The van der Waals surface area contributed by atoms with Crippen LogP contribution < -0.4 is 5.32 Å². The van der Waals surface area contributed by atoms with Crippen LogP contribution in [0.4, 0.5) is 5.88 Å². The van der Waals surface area contributed by atoms with E-state index in [-0.39, 0.29) is 11.3 Å². The van der Waals surface area contributed by atoms with E-state index < -0.39 is 0 Å². The fourth-order valence-electron chi connectivity index (χ4n) is 1.27. The van der Waals surface area contributed by atoms with Crippen LogP contribution in [0, 0.1) is 0 Å². The van der Waals surface area contributed by atoms with Crippen molar-refractivity contribution in [3.05, 3.63) is 11.8 Å². The lowest BCUT2D eigenvalue weighted by molar-refractivity contribution is -0.116. The van der Waals surface area contributed by atoms with Gasteiger partial charge in [-0.25, -0.2) is 0 Å². The molecule has 0 fully saturated rings. The second-order valence-electron chi connectivity index (χ2n) is 5.02. The van der Waals surface area contributed by atoms with Crippen molar-refractivity contribution in [2.45, 2.75) is 45.4 Å². The number of hydrogen-bond acceptors (Lipinski definition) is 3. The largest absolute Gasteiger partial charge is 0.338 e. The fourth-order valence-corrected chi connectivity index (χ4v) is 1.46. The SMILES string of the molecule is CC(C)(C)c1cc(NC(=O)CCCCCl)on1. The average Bonchev–Trinajstić information content (AvgIpc) is 2.66. The predicted molar refractivity (Wildman–Crippen MR) is 68.4 cm³/mol. The summed E-state index contributed by atoms with van der Waals surface area (Å²) in [5.74, 6) is 0.932. The number of alkyl halides is 1. The van der Waals surface area contributed by atoms with Crippen LogP contribution in [-0.2, 0) is 10.2 Å². The Balaban J connectivity index is 2.46. The molecule has 5 heteroatoms.